The zero-order valence-corrected chi connectivity index (χ0v) is 24.3. The van der Waals surface area contributed by atoms with Crippen LogP contribution in [-0.2, 0) is 10.3 Å². The fraction of sp³-hybridized carbons (Fsp3) is 0.500. The van der Waals surface area contributed by atoms with Crippen molar-refractivity contribution in [2.45, 2.75) is 64.2 Å². The summed E-state index contributed by atoms with van der Waals surface area (Å²) in [5.41, 5.74) is 1.39. The Morgan fingerprint density at radius 2 is 1.49 bits per heavy atom. The molecule has 0 radical (unpaired) electrons. The van der Waals surface area contributed by atoms with E-state index < -0.39 is 17.7 Å². The van der Waals surface area contributed by atoms with Crippen molar-refractivity contribution in [2.24, 2.45) is 5.92 Å². The summed E-state index contributed by atoms with van der Waals surface area (Å²) in [6.07, 6.45) is -0.388. The molecule has 2 aliphatic heterocycles. The highest BCUT2D eigenvalue weighted by Crippen LogP contribution is 2.28. The Labute approximate surface area is 243 Å². The van der Waals surface area contributed by atoms with E-state index >= 15 is 0 Å². The number of nitrogens with zero attached hydrogens (tertiary/aromatic N) is 2. The van der Waals surface area contributed by atoms with E-state index in [1.165, 1.54) is 25.9 Å². The van der Waals surface area contributed by atoms with Gasteiger partial charge >= 0.3 is 12.1 Å². The minimum Gasteiger partial charge on any atom is -0.475 e. The van der Waals surface area contributed by atoms with Crippen molar-refractivity contribution in [1.82, 2.24) is 15.1 Å². The molecule has 0 aromatic heterocycles. The molecule has 41 heavy (non-hydrogen) atoms. The van der Waals surface area contributed by atoms with Crippen LogP contribution in [0.5, 0.6) is 0 Å². The van der Waals surface area contributed by atoms with Crippen LogP contribution in [0.25, 0.3) is 0 Å². The average molecular weight is 596 g/mol. The maximum Gasteiger partial charge on any atom is 0.490 e. The second-order valence-corrected chi connectivity index (χ2v) is 11.6. The molecule has 0 spiro atoms. The highest BCUT2D eigenvalue weighted by atomic mass is 35.5. The molecule has 1 unspecified atom stereocenters. The summed E-state index contributed by atoms with van der Waals surface area (Å²) in [5, 5.41) is 10.8. The van der Waals surface area contributed by atoms with Crippen LogP contribution in [0.1, 0.15) is 72.7 Å². The molecule has 4 rings (SSSR count). The standard InChI is InChI=1S/C28H36ClN3O2.C2HF3O2/c1-20-7-6-16-32(19-20)23-14-17-31(18-15-23)27(34)22-12-10-21(11-13-22)26(33)30-28(2,3)24-8-4-5-9-25(24)29;3-2(4,5)1(6)7/h4-5,8-13,20,23H,6-7,14-19H2,1-3H3,(H,30,33);(H,6,7). The molecule has 2 N–H and O–H groups in total. The molecule has 1 atom stereocenters. The number of likely N-dealkylation sites (tertiary alicyclic amines) is 2. The molecule has 2 fully saturated rings. The summed E-state index contributed by atoms with van der Waals surface area (Å²) in [6, 6.07) is 15.1. The van der Waals surface area contributed by atoms with Gasteiger partial charge in [-0.1, -0.05) is 36.7 Å². The van der Waals surface area contributed by atoms with Crippen LogP contribution in [0.2, 0.25) is 5.02 Å². The van der Waals surface area contributed by atoms with Crippen molar-refractivity contribution in [3.63, 3.8) is 0 Å². The number of aliphatic carboxylic acids is 1. The topological polar surface area (TPSA) is 90.0 Å². The third-order valence-electron chi connectivity index (χ3n) is 7.57. The molecule has 7 nitrogen and oxygen atoms in total. The molecule has 2 heterocycles. The SMILES string of the molecule is CC1CCCN(C2CCN(C(=O)c3ccc(C(=O)NC(C)(C)c4ccccc4Cl)cc3)CC2)C1.O=C(O)C(F)(F)F. The Hall–Kier alpha value is -3.11. The van der Waals surface area contributed by atoms with E-state index in [1.807, 2.05) is 43.0 Å². The van der Waals surface area contributed by atoms with Crippen molar-refractivity contribution < 1.29 is 32.7 Å². The number of benzene rings is 2. The molecule has 224 valence electrons. The predicted molar refractivity (Wildman–Crippen MR) is 151 cm³/mol. The molecule has 2 aromatic carbocycles. The summed E-state index contributed by atoms with van der Waals surface area (Å²) in [4.78, 5) is 39.4. The normalized spacial score (nSPS) is 18.7. The number of rotatable bonds is 5. The maximum atomic E-state index is 13.1. The van der Waals surface area contributed by atoms with Crippen molar-refractivity contribution in [2.75, 3.05) is 26.2 Å². The molecule has 0 aliphatic carbocycles. The molecule has 2 aliphatic rings. The number of carbonyl (C=O) groups excluding carboxylic acids is 2. The Bertz CT molecular complexity index is 1210. The van der Waals surface area contributed by atoms with Gasteiger partial charge in [0.05, 0.1) is 5.54 Å². The van der Waals surface area contributed by atoms with Crippen molar-refractivity contribution in [3.05, 3.63) is 70.2 Å². The number of alkyl halides is 3. The van der Waals surface area contributed by atoms with Gasteiger partial charge in [0.2, 0.25) is 0 Å². The summed E-state index contributed by atoms with van der Waals surface area (Å²) in [6.45, 7) is 10.2. The van der Waals surface area contributed by atoms with Gasteiger partial charge in [0.15, 0.2) is 0 Å². The summed E-state index contributed by atoms with van der Waals surface area (Å²) >= 11 is 6.33. The first-order chi connectivity index (χ1) is 19.2. The van der Waals surface area contributed by atoms with Crippen LogP contribution in [0.3, 0.4) is 0 Å². The number of nitrogens with one attached hydrogen (secondary N) is 1. The first-order valence-corrected chi connectivity index (χ1v) is 14.1. The van der Waals surface area contributed by atoms with Gasteiger partial charge in [-0.2, -0.15) is 13.2 Å². The van der Waals surface area contributed by atoms with Gasteiger partial charge < -0.3 is 15.3 Å². The first kappa shape index (κ1) is 32.4. The van der Waals surface area contributed by atoms with Gasteiger partial charge in [0.25, 0.3) is 11.8 Å². The minimum atomic E-state index is -5.08. The van der Waals surface area contributed by atoms with Gasteiger partial charge in [-0.25, -0.2) is 4.79 Å². The zero-order chi connectivity index (χ0) is 30.4. The second-order valence-electron chi connectivity index (χ2n) is 11.2. The Kier molecular flexibility index (Phi) is 10.8. The monoisotopic (exact) mass is 595 g/mol. The van der Waals surface area contributed by atoms with E-state index in [-0.39, 0.29) is 11.8 Å². The summed E-state index contributed by atoms with van der Waals surface area (Å²) in [7, 11) is 0. The third-order valence-corrected chi connectivity index (χ3v) is 7.90. The van der Waals surface area contributed by atoms with Crippen LogP contribution in [0.15, 0.2) is 48.5 Å². The lowest BCUT2D eigenvalue weighted by Crippen LogP contribution is -2.49. The fourth-order valence-corrected chi connectivity index (χ4v) is 5.70. The van der Waals surface area contributed by atoms with Gasteiger partial charge in [-0.15, -0.1) is 0 Å². The molecular formula is C30H37ClF3N3O4. The number of amides is 2. The largest absolute Gasteiger partial charge is 0.490 e. The van der Waals surface area contributed by atoms with E-state index in [1.54, 1.807) is 24.3 Å². The Morgan fingerprint density at radius 3 is 2.02 bits per heavy atom. The van der Waals surface area contributed by atoms with Crippen molar-refractivity contribution in [1.29, 1.82) is 0 Å². The van der Waals surface area contributed by atoms with Crippen LogP contribution >= 0.6 is 11.6 Å². The minimum absolute atomic E-state index is 0.0498. The summed E-state index contributed by atoms with van der Waals surface area (Å²) < 4.78 is 31.7. The predicted octanol–water partition coefficient (Wildman–Crippen LogP) is 5.97. The lowest BCUT2D eigenvalue weighted by Gasteiger charge is -2.41. The third kappa shape index (κ3) is 8.94. The molecule has 0 bridgehead atoms. The van der Waals surface area contributed by atoms with Gasteiger partial charge in [0.1, 0.15) is 0 Å². The molecule has 2 amide bonds. The number of carbonyl (C=O) groups is 3. The van der Waals surface area contributed by atoms with Gasteiger partial charge in [-0.3, -0.25) is 14.5 Å². The number of hydrogen-bond acceptors (Lipinski definition) is 4. The van der Waals surface area contributed by atoms with Crippen LogP contribution in [0.4, 0.5) is 13.2 Å². The van der Waals surface area contributed by atoms with Crippen molar-refractivity contribution >= 4 is 29.4 Å². The molecule has 2 aromatic rings. The van der Waals surface area contributed by atoms with Gasteiger partial charge in [0, 0.05) is 41.8 Å². The zero-order valence-electron chi connectivity index (χ0n) is 23.5. The fourth-order valence-electron chi connectivity index (χ4n) is 5.33. The number of carboxylic acids is 1. The molecule has 2 saturated heterocycles. The van der Waals surface area contributed by atoms with Crippen molar-refractivity contribution in [3.8, 4) is 0 Å². The smallest absolute Gasteiger partial charge is 0.475 e. The van der Waals surface area contributed by atoms with Crippen LogP contribution in [0, 0.1) is 5.92 Å². The van der Waals surface area contributed by atoms with E-state index in [0.717, 1.165) is 37.4 Å². The van der Waals surface area contributed by atoms with E-state index in [9.17, 15) is 22.8 Å². The number of piperidine rings is 2. The number of hydrogen-bond donors (Lipinski definition) is 2. The van der Waals surface area contributed by atoms with E-state index in [2.05, 4.69) is 17.1 Å². The Morgan fingerprint density at radius 1 is 0.927 bits per heavy atom. The van der Waals surface area contributed by atoms with E-state index in [4.69, 9.17) is 21.5 Å². The maximum absolute atomic E-state index is 13.1. The lowest BCUT2D eigenvalue weighted by atomic mass is 9.93. The second kappa shape index (κ2) is 13.7. The summed E-state index contributed by atoms with van der Waals surface area (Å²) in [5.74, 6) is -2.12. The van der Waals surface area contributed by atoms with Gasteiger partial charge in [-0.05, 0) is 87.9 Å². The number of carboxylic acid groups (broad SMARTS) is 1. The highest BCUT2D eigenvalue weighted by molar-refractivity contribution is 6.31. The molecule has 11 heteroatoms. The van der Waals surface area contributed by atoms with E-state index in [0.29, 0.717) is 22.2 Å². The highest BCUT2D eigenvalue weighted by Gasteiger charge is 2.38. The lowest BCUT2D eigenvalue weighted by molar-refractivity contribution is -0.192. The van der Waals surface area contributed by atoms with Crippen LogP contribution < -0.4 is 5.32 Å². The Balaban J connectivity index is 0.000000587. The number of halogens is 4. The van der Waals surface area contributed by atoms with Crippen LogP contribution in [-0.4, -0.2) is 71.1 Å². The molecule has 0 saturated carbocycles. The quantitative estimate of drug-likeness (QED) is 0.444. The first-order valence-electron chi connectivity index (χ1n) is 13.7. The average Bonchev–Trinajstić information content (AvgIpc) is 2.92. The molecular weight excluding hydrogens is 559 g/mol.